The van der Waals surface area contributed by atoms with Gasteiger partial charge >= 0.3 is 0 Å². The van der Waals surface area contributed by atoms with Crippen molar-refractivity contribution in [1.29, 1.82) is 0 Å². The van der Waals surface area contributed by atoms with Gasteiger partial charge in [0.05, 0.1) is 0 Å². The summed E-state index contributed by atoms with van der Waals surface area (Å²) in [5, 5.41) is 4.86. The van der Waals surface area contributed by atoms with Crippen molar-refractivity contribution in [2.75, 3.05) is 26.7 Å². The Labute approximate surface area is 107 Å². The van der Waals surface area contributed by atoms with E-state index in [-0.39, 0.29) is 0 Å². The zero-order chi connectivity index (χ0) is 12.1. The van der Waals surface area contributed by atoms with Crippen molar-refractivity contribution in [2.45, 2.75) is 12.8 Å². The molecule has 1 aromatic carbocycles. The van der Waals surface area contributed by atoms with E-state index in [4.69, 9.17) is 16.4 Å². The number of benzene rings is 1. The van der Waals surface area contributed by atoms with E-state index >= 15 is 0 Å². The van der Waals surface area contributed by atoms with Gasteiger partial charge in [-0.05, 0) is 38.1 Å². The molecule has 0 N–H and O–H groups in total. The molecule has 0 saturated carbocycles. The molecule has 0 aromatic heterocycles. The molecule has 0 amide bonds. The van der Waals surface area contributed by atoms with E-state index in [0.717, 1.165) is 35.9 Å². The second-order valence-electron chi connectivity index (χ2n) is 4.21. The Bertz CT molecular complexity index is 383. The van der Waals surface area contributed by atoms with Crippen LogP contribution < -0.4 is 0 Å². The Balaban J connectivity index is 2.11. The van der Waals surface area contributed by atoms with Crippen LogP contribution in [0.2, 0.25) is 5.02 Å². The van der Waals surface area contributed by atoms with Crippen molar-refractivity contribution < 1.29 is 4.84 Å². The van der Waals surface area contributed by atoms with Gasteiger partial charge in [0.25, 0.3) is 0 Å². The molecule has 1 aromatic rings. The van der Waals surface area contributed by atoms with Crippen molar-refractivity contribution >= 4 is 17.3 Å². The van der Waals surface area contributed by atoms with E-state index < -0.39 is 0 Å². The lowest BCUT2D eigenvalue weighted by Gasteiger charge is -2.15. The third-order valence-corrected chi connectivity index (χ3v) is 3.20. The van der Waals surface area contributed by atoms with Gasteiger partial charge in [-0.25, -0.2) is 0 Å². The van der Waals surface area contributed by atoms with Gasteiger partial charge in [0.2, 0.25) is 0 Å². The molecule has 1 heterocycles. The molecule has 1 fully saturated rings. The van der Waals surface area contributed by atoms with Crippen LogP contribution in [0.25, 0.3) is 0 Å². The number of nitrogens with zero attached hydrogens (tertiary/aromatic N) is 2. The number of hydrogen-bond donors (Lipinski definition) is 0. The third-order valence-electron chi connectivity index (χ3n) is 2.95. The predicted octanol–water partition coefficient (Wildman–Crippen LogP) is 2.79. The summed E-state index contributed by atoms with van der Waals surface area (Å²) in [5.41, 5.74) is 2.04. The highest BCUT2D eigenvalue weighted by atomic mass is 35.5. The van der Waals surface area contributed by atoms with Crippen molar-refractivity contribution in [3.05, 3.63) is 34.9 Å². The van der Waals surface area contributed by atoms with Crippen molar-refractivity contribution in [3.8, 4) is 0 Å². The van der Waals surface area contributed by atoms with Gasteiger partial charge in [-0.3, -0.25) is 4.90 Å². The average molecular weight is 253 g/mol. The molecule has 1 aliphatic rings. The molecule has 1 aliphatic heterocycles. The molecule has 0 spiro atoms. The molecule has 92 valence electrons. The first-order chi connectivity index (χ1) is 8.29. The molecule has 0 bridgehead atoms. The number of rotatable bonds is 4. The van der Waals surface area contributed by atoms with Crippen LogP contribution in [0, 0.1) is 0 Å². The van der Waals surface area contributed by atoms with Gasteiger partial charge in [-0.15, -0.1) is 0 Å². The molecule has 2 rings (SSSR count). The summed E-state index contributed by atoms with van der Waals surface area (Å²) in [6.45, 7) is 3.14. The monoisotopic (exact) mass is 252 g/mol. The zero-order valence-electron chi connectivity index (χ0n) is 10.0. The molecule has 4 heteroatoms. The summed E-state index contributed by atoms with van der Waals surface area (Å²) >= 11 is 5.88. The van der Waals surface area contributed by atoms with Crippen molar-refractivity contribution in [2.24, 2.45) is 5.16 Å². The minimum atomic E-state index is 0.742. The summed E-state index contributed by atoms with van der Waals surface area (Å²) in [7, 11) is 1.58. The van der Waals surface area contributed by atoms with Crippen LogP contribution in [0.1, 0.15) is 18.4 Å². The van der Waals surface area contributed by atoms with Crippen LogP contribution in [0.15, 0.2) is 29.4 Å². The lowest BCUT2D eigenvalue weighted by molar-refractivity contribution is 0.211. The molecular formula is C13H17ClN2O. The quantitative estimate of drug-likeness (QED) is 0.608. The lowest BCUT2D eigenvalue weighted by Crippen LogP contribution is -2.27. The SMILES string of the molecule is CON=C(CN1CCCC1)c1ccc(Cl)cc1. The molecule has 1 saturated heterocycles. The normalized spacial score (nSPS) is 17.4. The summed E-state index contributed by atoms with van der Waals surface area (Å²) in [6, 6.07) is 7.73. The summed E-state index contributed by atoms with van der Waals surface area (Å²) in [5.74, 6) is 0. The van der Waals surface area contributed by atoms with Crippen LogP contribution in [0.5, 0.6) is 0 Å². The zero-order valence-corrected chi connectivity index (χ0v) is 10.8. The summed E-state index contributed by atoms with van der Waals surface area (Å²) in [4.78, 5) is 7.32. The smallest absolute Gasteiger partial charge is 0.106 e. The van der Waals surface area contributed by atoms with Gasteiger partial charge < -0.3 is 4.84 Å². The van der Waals surface area contributed by atoms with Crippen LogP contribution >= 0.6 is 11.6 Å². The maximum Gasteiger partial charge on any atom is 0.106 e. The highest BCUT2D eigenvalue weighted by Crippen LogP contribution is 2.13. The molecule has 0 radical (unpaired) electrons. The molecule has 0 unspecified atom stereocenters. The van der Waals surface area contributed by atoms with Gasteiger partial charge in [-0.2, -0.15) is 0 Å². The largest absolute Gasteiger partial charge is 0.399 e. The van der Waals surface area contributed by atoms with E-state index in [1.165, 1.54) is 12.8 Å². The van der Waals surface area contributed by atoms with Gasteiger partial charge in [-0.1, -0.05) is 28.9 Å². The fraction of sp³-hybridized carbons (Fsp3) is 0.462. The van der Waals surface area contributed by atoms with Gasteiger partial charge in [0.1, 0.15) is 12.8 Å². The maximum absolute atomic E-state index is 5.88. The Morgan fingerprint density at radius 3 is 2.53 bits per heavy atom. The Kier molecular flexibility index (Phi) is 4.40. The van der Waals surface area contributed by atoms with E-state index in [9.17, 15) is 0 Å². The number of halogens is 1. The maximum atomic E-state index is 5.88. The molecule has 0 aliphatic carbocycles. The van der Waals surface area contributed by atoms with Crippen LogP contribution in [-0.2, 0) is 4.84 Å². The topological polar surface area (TPSA) is 24.8 Å². The predicted molar refractivity (Wildman–Crippen MR) is 70.7 cm³/mol. The molecule has 0 atom stereocenters. The molecule has 3 nitrogen and oxygen atoms in total. The summed E-state index contributed by atoms with van der Waals surface area (Å²) in [6.07, 6.45) is 2.56. The van der Waals surface area contributed by atoms with Crippen molar-refractivity contribution in [1.82, 2.24) is 4.90 Å². The van der Waals surface area contributed by atoms with Crippen LogP contribution in [-0.4, -0.2) is 37.4 Å². The Morgan fingerprint density at radius 1 is 1.29 bits per heavy atom. The standard InChI is InChI=1S/C13H17ClN2O/c1-17-15-13(10-16-8-2-3-9-16)11-4-6-12(14)7-5-11/h4-7H,2-3,8-10H2,1H3. The minimum absolute atomic E-state index is 0.742. The van der Waals surface area contributed by atoms with E-state index in [2.05, 4.69) is 10.1 Å². The highest BCUT2D eigenvalue weighted by molar-refractivity contribution is 6.30. The number of hydrogen-bond acceptors (Lipinski definition) is 3. The third kappa shape index (κ3) is 3.45. The van der Waals surface area contributed by atoms with Gasteiger partial charge in [0.15, 0.2) is 0 Å². The van der Waals surface area contributed by atoms with Gasteiger partial charge in [0, 0.05) is 17.1 Å². The Hall–Kier alpha value is -1.06. The van der Waals surface area contributed by atoms with E-state index in [1.54, 1.807) is 7.11 Å². The molecular weight excluding hydrogens is 236 g/mol. The summed E-state index contributed by atoms with van der Waals surface area (Å²) < 4.78 is 0. The first kappa shape index (κ1) is 12.4. The van der Waals surface area contributed by atoms with Crippen LogP contribution in [0.4, 0.5) is 0 Å². The second kappa shape index (κ2) is 6.03. The van der Waals surface area contributed by atoms with Crippen LogP contribution in [0.3, 0.4) is 0 Å². The minimum Gasteiger partial charge on any atom is -0.399 e. The number of oxime groups is 1. The fourth-order valence-corrected chi connectivity index (χ4v) is 2.20. The Morgan fingerprint density at radius 2 is 1.94 bits per heavy atom. The highest BCUT2D eigenvalue weighted by Gasteiger charge is 2.15. The fourth-order valence-electron chi connectivity index (χ4n) is 2.08. The number of likely N-dealkylation sites (tertiary alicyclic amines) is 1. The second-order valence-corrected chi connectivity index (χ2v) is 4.65. The first-order valence-corrected chi connectivity index (χ1v) is 6.25. The lowest BCUT2D eigenvalue weighted by atomic mass is 10.1. The first-order valence-electron chi connectivity index (χ1n) is 5.88. The average Bonchev–Trinajstić information content (AvgIpc) is 2.82. The van der Waals surface area contributed by atoms with E-state index in [0.29, 0.717) is 0 Å². The van der Waals surface area contributed by atoms with E-state index in [1.807, 2.05) is 24.3 Å². The van der Waals surface area contributed by atoms with Crippen molar-refractivity contribution in [3.63, 3.8) is 0 Å². The molecule has 17 heavy (non-hydrogen) atoms.